The molecule has 0 spiro atoms. The Labute approximate surface area is 206 Å². The number of rotatable bonds is 6. The highest BCUT2D eigenvalue weighted by Crippen LogP contribution is 2.38. The number of amides is 1. The second-order valence-electron chi connectivity index (χ2n) is 10.6. The highest BCUT2D eigenvalue weighted by molar-refractivity contribution is 7.14. The van der Waals surface area contributed by atoms with Gasteiger partial charge in [0.2, 0.25) is 0 Å². The Kier molecular flexibility index (Phi) is 8.31. The van der Waals surface area contributed by atoms with Gasteiger partial charge in [-0.15, -0.1) is 11.3 Å². The molecule has 190 valence electrons. The quantitative estimate of drug-likeness (QED) is 0.422. The summed E-state index contributed by atoms with van der Waals surface area (Å²) in [6, 6.07) is 1.73. The van der Waals surface area contributed by atoms with Crippen LogP contribution in [0.15, 0.2) is 18.3 Å². The van der Waals surface area contributed by atoms with Gasteiger partial charge >= 0.3 is 12.1 Å². The van der Waals surface area contributed by atoms with Crippen LogP contribution in [0.25, 0.3) is 0 Å². The minimum atomic E-state index is -0.994. The summed E-state index contributed by atoms with van der Waals surface area (Å²) in [7, 11) is 1.88. The molecule has 2 unspecified atom stereocenters. The number of ether oxygens (including phenoxy) is 1. The van der Waals surface area contributed by atoms with Crippen LogP contribution in [0, 0.1) is 18.8 Å². The summed E-state index contributed by atoms with van der Waals surface area (Å²) in [5.74, 6) is -0.287. The van der Waals surface area contributed by atoms with Crippen molar-refractivity contribution >= 4 is 29.1 Å². The standard InChI is InChI=1S/C25H39N3O5S/c1-16-7-9-18(10-8-16)22(29)28(20-15-17(2)34-21(20)23(30)31)26(6)19-11-13-27(14-12-19)24(32)33-25(3,4)5/h11,13,15-16,18-19,22,29H,7-10,12,14H2,1-6H3,(H,30,31). The summed E-state index contributed by atoms with van der Waals surface area (Å²) in [5, 5.41) is 25.1. The predicted octanol–water partition coefficient (Wildman–Crippen LogP) is 5.08. The van der Waals surface area contributed by atoms with E-state index < -0.39 is 17.8 Å². The largest absolute Gasteiger partial charge is 0.477 e. The lowest BCUT2D eigenvalue weighted by Gasteiger charge is -2.45. The SMILES string of the molecule is Cc1cc(N(C(O)C2CCC(C)CC2)N(C)C2C=CN(C(=O)OC(C)(C)C)CC2)c(C(=O)O)s1. The molecule has 1 aliphatic heterocycles. The first-order valence-electron chi connectivity index (χ1n) is 12.1. The van der Waals surface area contributed by atoms with E-state index >= 15 is 0 Å². The topological polar surface area (TPSA) is 93.5 Å². The van der Waals surface area contributed by atoms with Crippen molar-refractivity contribution in [3.63, 3.8) is 0 Å². The summed E-state index contributed by atoms with van der Waals surface area (Å²) in [6.45, 7) is 10.1. The molecule has 0 bridgehead atoms. The van der Waals surface area contributed by atoms with Crippen LogP contribution in [-0.4, -0.2) is 63.6 Å². The fourth-order valence-electron chi connectivity index (χ4n) is 4.70. The number of carbonyl (C=O) groups excluding carboxylic acids is 1. The lowest BCUT2D eigenvalue weighted by Crippen LogP contribution is -2.55. The van der Waals surface area contributed by atoms with Gasteiger partial charge in [-0.05, 0) is 65.0 Å². The van der Waals surface area contributed by atoms with Crippen molar-refractivity contribution in [2.75, 3.05) is 18.6 Å². The Morgan fingerprint density at radius 1 is 1.21 bits per heavy atom. The van der Waals surface area contributed by atoms with E-state index in [1.54, 1.807) is 16.1 Å². The van der Waals surface area contributed by atoms with Crippen molar-refractivity contribution in [2.45, 2.75) is 84.6 Å². The fraction of sp³-hybridized carbons (Fsp3) is 0.680. The Balaban J connectivity index is 1.86. The maximum atomic E-state index is 12.4. The molecule has 0 saturated heterocycles. The first kappa shape index (κ1) is 26.5. The van der Waals surface area contributed by atoms with Crippen molar-refractivity contribution in [1.29, 1.82) is 0 Å². The van der Waals surface area contributed by atoms with Gasteiger partial charge in [-0.1, -0.05) is 19.8 Å². The third kappa shape index (κ3) is 6.31. The first-order valence-corrected chi connectivity index (χ1v) is 12.9. The van der Waals surface area contributed by atoms with Crippen LogP contribution in [0.2, 0.25) is 0 Å². The zero-order chi connectivity index (χ0) is 25.2. The van der Waals surface area contributed by atoms with Crippen molar-refractivity contribution in [1.82, 2.24) is 9.91 Å². The molecular weight excluding hydrogens is 454 g/mol. The number of carboxylic acid groups (broad SMARTS) is 1. The average molecular weight is 494 g/mol. The average Bonchev–Trinajstić information content (AvgIpc) is 3.14. The van der Waals surface area contributed by atoms with Gasteiger partial charge in [0.1, 0.15) is 16.7 Å². The first-order chi connectivity index (χ1) is 15.9. The molecule has 0 radical (unpaired) electrons. The number of aromatic carboxylic acids is 1. The van der Waals surface area contributed by atoms with Crippen LogP contribution in [0.3, 0.4) is 0 Å². The predicted molar refractivity (Wildman–Crippen MR) is 134 cm³/mol. The van der Waals surface area contributed by atoms with Crippen LogP contribution in [-0.2, 0) is 4.74 Å². The molecule has 9 heteroatoms. The molecule has 1 amide bonds. The van der Waals surface area contributed by atoms with Gasteiger partial charge in [0, 0.05) is 30.6 Å². The number of hydrazine groups is 1. The highest BCUT2D eigenvalue weighted by Gasteiger charge is 2.36. The van der Waals surface area contributed by atoms with Crippen molar-refractivity contribution in [3.05, 3.63) is 28.1 Å². The Hall–Kier alpha value is -2.10. The smallest absolute Gasteiger partial charge is 0.414 e. The molecule has 8 nitrogen and oxygen atoms in total. The molecule has 1 aromatic rings. The number of aryl methyl sites for hydroxylation is 1. The molecule has 0 aromatic carbocycles. The zero-order valence-electron chi connectivity index (χ0n) is 21.2. The minimum absolute atomic E-state index is 0.0614. The maximum Gasteiger partial charge on any atom is 0.414 e. The molecule has 3 rings (SSSR count). The number of likely N-dealkylation sites (N-methyl/N-ethyl adjacent to an activating group) is 1. The van der Waals surface area contributed by atoms with Gasteiger partial charge in [0.15, 0.2) is 0 Å². The molecule has 1 saturated carbocycles. The molecule has 2 atom stereocenters. The molecule has 2 heterocycles. The Bertz CT molecular complexity index is 901. The number of aliphatic hydroxyl groups is 1. The lowest BCUT2D eigenvalue weighted by molar-refractivity contribution is 0.0167. The molecule has 1 aromatic heterocycles. The van der Waals surface area contributed by atoms with Crippen molar-refractivity contribution in [2.24, 2.45) is 11.8 Å². The van der Waals surface area contributed by atoms with Crippen molar-refractivity contribution in [3.8, 4) is 0 Å². The summed E-state index contributed by atoms with van der Waals surface area (Å²) >= 11 is 1.22. The number of aliphatic hydroxyl groups excluding tert-OH is 1. The number of carboxylic acids is 1. The van der Waals surface area contributed by atoms with E-state index in [9.17, 15) is 19.8 Å². The molecular formula is C25H39N3O5S. The van der Waals surface area contributed by atoms with Crippen molar-refractivity contribution < 1.29 is 24.5 Å². The van der Waals surface area contributed by atoms with Gasteiger partial charge in [-0.2, -0.15) is 0 Å². The summed E-state index contributed by atoms with van der Waals surface area (Å²) in [6.07, 6.45) is 6.97. The van der Waals surface area contributed by atoms with Crippen LogP contribution < -0.4 is 5.01 Å². The third-order valence-corrected chi connectivity index (χ3v) is 7.64. The summed E-state index contributed by atoms with van der Waals surface area (Å²) in [4.78, 5) is 27.1. The number of hydrogen-bond donors (Lipinski definition) is 2. The lowest BCUT2D eigenvalue weighted by atomic mass is 9.82. The summed E-state index contributed by atoms with van der Waals surface area (Å²) in [5.41, 5.74) is -0.0484. The van der Waals surface area contributed by atoms with E-state index in [0.717, 1.165) is 30.6 Å². The van der Waals surface area contributed by atoms with Crippen LogP contribution in [0.5, 0.6) is 0 Å². The monoisotopic (exact) mass is 493 g/mol. The van der Waals surface area contributed by atoms with Crippen LogP contribution >= 0.6 is 11.3 Å². The molecule has 34 heavy (non-hydrogen) atoms. The second-order valence-corrected chi connectivity index (χ2v) is 11.9. The van der Waals surface area contributed by atoms with Gasteiger partial charge in [-0.25, -0.2) is 14.6 Å². The molecule has 2 N–H and O–H groups in total. The normalized spacial score (nSPS) is 24.2. The number of nitrogens with zero attached hydrogens (tertiary/aromatic N) is 3. The fourth-order valence-corrected chi connectivity index (χ4v) is 5.53. The maximum absolute atomic E-state index is 12.4. The van der Waals surface area contributed by atoms with Crippen LogP contribution in [0.1, 0.15) is 74.3 Å². The third-order valence-electron chi connectivity index (χ3n) is 6.61. The number of anilines is 1. The zero-order valence-corrected chi connectivity index (χ0v) is 22.0. The van der Waals surface area contributed by atoms with E-state index in [1.807, 2.05) is 51.9 Å². The van der Waals surface area contributed by atoms with E-state index in [0.29, 0.717) is 24.6 Å². The van der Waals surface area contributed by atoms with E-state index in [-0.39, 0.29) is 22.9 Å². The van der Waals surface area contributed by atoms with E-state index in [2.05, 4.69) is 6.92 Å². The molecule has 1 aliphatic carbocycles. The van der Waals surface area contributed by atoms with Gasteiger partial charge in [-0.3, -0.25) is 9.91 Å². The van der Waals surface area contributed by atoms with Crippen LogP contribution in [0.4, 0.5) is 10.5 Å². The number of hydrogen-bond acceptors (Lipinski definition) is 7. The van der Waals surface area contributed by atoms with Gasteiger partial charge in [0.25, 0.3) is 0 Å². The number of thiophene rings is 1. The molecule has 2 aliphatic rings. The van der Waals surface area contributed by atoms with Gasteiger partial charge in [0.05, 0.1) is 11.7 Å². The number of carbonyl (C=O) groups is 2. The second kappa shape index (κ2) is 10.7. The minimum Gasteiger partial charge on any atom is -0.477 e. The highest BCUT2D eigenvalue weighted by atomic mass is 32.1. The Morgan fingerprint density at radius 3 is 2.38 bits per heavy atom. The summed E-state index contributed by atoms with van der Waals surface area (Å²) < 4.78 is 5.47. The molecule has 1 fully saturated rings. The van der Waals surface area contributed by atoms with E-state index in [1.165, 1.54) is 11.3 Å². The Morgan fingerprint density at radius 2 is 1.85 bits per heavy atom. The van der Waals surface area contributed by atoms with E-state index in [4.69, 9.17) is 4.74 Å². The van der Waals surface area contributed by atoms with Gasteiger partial charge < -0.3 is 14.9 Å².